The molecule has 0 spiro atoms. The molecule has 1 aromatic rings. The van der Waals surface area contributed by atoms with Crippen molar-refractivity contribution in [2.75, 3.05) is 12.3 Å². The molecule has 98 valence electrons. The van der Waals surface area contributed by atoms with Crippen LogP contribution in [0.25, 0.3) is 0 Å². The lowest BCUT2D eigenvalue weighted by Gasteiger charge is -2.12. The van der Waals surface area contributed by atoms with Crippen LogP contribution in [0, 0.1) is 0 Å². The quantitative estimate of drug-likeness (QED) is 0.804. The number of thioether (sulfide) groups is 1. The van der Waals surface area contributed by atoms with Crippen LogP contribution < -0.4 is 11.1 Å². The predicted molar refractivity (Wildman–Crippen MR) is 74.3 cm³/mol. The molecule has 1 aromatic carbocycles. The van der Waals surface area contributed by atoms with E-state index in [1.165, 1.54) is 0 Å². The number of benzene rings is 1. The molecule has 0 aromatic heterocycles. The number of hydrogen-bond acceptors (Lipinski definition) is 4. The number of carbonyl (C=O) groups excluding carboxylic acids is 2. The molecular formula is C13H18N2O2S. The Labute approximate surface area is 111 Å². The van der Waals surface area contributed by atoms with Crippen molar-refractivity contribution in [1.29, 1.82) is 0 Å². The molecule has 0 aliphatic carbocycles. The fourth-order valence-corrected chi connectivity index (χ4v) is 2.05. The molecule has 1 rings (SSSR count). The summed E-state index contributed by atoms with van der Waals surface area (Å²) in [4.78, 5) is 23.3. The van der Waals surface area contributed by atoms with Crippen LogP contribution in [0.1, 0.15) is 12.5 Å². The first-order chi connectivity index (χ1) is 8.63. The molecular weight excluding hydrogens is 248 g/mol. The molecule has 0 aliphatic heterocycles. The van der Waals surface area contributed by atoms with Crippen LogP contribution in [0.15, 0.2) is 30.3 Å². The predicted octanol–water partition coefficient (Wildman–Crippen LogP) is 0.952. The Morgan fingerprint density at radius 2 is 2.00 bits per heavy atom. The van der Waals surface area contributed by atoms with Gasteiger partial charge in [-0.1, -0.05) is 42.1 Å². The minimum Gasteiger partial charge on any atom is -0.345 e. The zero-order chi connectivity index (χ0) is 13.4. The Kier molecular flexibility index (Phi) is 6.46. The Hall–Kier alpha value is -1.33. The van der Waals surface area contributed by atoms with E-state index in [4.69, 9.17) is 5.73 Å². The summed E-state index contributed by atoms with van der Waals surface area (Å²) in [7, 11) is 0. The zero-order valence-electron chi connectivity index (χ0n) is 10.4. The fraction of sp³-hybridized carbons (Fsp3) is 0.385. The highest BCUT2D eigenvalue weighted by Gasteiger charge is 2.15. The first-order valence-electron chi connectivity index (χ1n) is 5.83. The lowest BCUT2D eigenvalue weighted by Crippen LogP contribution is -2.38. The smallest absolute Gasteiger partial charge is 0.225 e. The average Bonchev–Trinajstić information content (AvgIpc) is 2.36. The molecule has 1 amide bonds. The van der Waals surface area contributed by atoms with Crippen LogP contribution in [0.4, 0.5) is 0 Å². The number of nitrogens with two attached hydrogens (primary N) is 1. The van der Waals surface area contributed by atoms with Gasteiger partial charge in [-0.3, -0.25) is 9.59 Å². The highest BCUT2D eigenvalue weighted by molar-refractivity contribution is 8.13. The molecule has 0 bridgehead atoms. The molecule has 0 saturated carbocycles. The summed E-state index contributed by atoms with van der Waals surface area (Å²) in [5.41, 5.74) is 6.25. The van der Waals surface area contributed by atoms with Gasteiger partial charge in [0.1, 0.15) is 0 Å². The van der Waals surface area contributed by atoms with Crippen LogP contribution in [0.3, 0.4) is 0 Å². The standard InChI is InChI=1S/C13H18N2O2S/c1-10(13(17)18-8-7-14)15-12(16)9-11-5-3-2-4-6-11/h2-6,10H,7-9,14H2,1H3,(H,15,16)/t10-/m0/s1. The topological polar surface area (TPSA) is 72.2 Å². The van der Waals surface area contributed by atoms with Crippen LogP contribution >= 0.6 is 11.8 Å². The highest BCUT2D eigenvalue weighted by atomic mass is 32.2. The second-order valence-corrected chi connectivity index (χ2v) is 5.01. The van der Waals surface area contributed by atoms with E-state index >= 15 is 0 Å². The Morgan fingerprint density at radius 3 is 2.61 bits per heavy atom. The van der Waals surface area contributed by atoms with Crippen molar-refractivity contribution in [2.45, 2.75) is 19.4 Å². The van der Waals surface area contributed by atoms with Crippen molar-refractivity contribution in [3.63, 3.8) is 0 Å². The van der Waals surface area contributed by atoms with Crippen molar-refractivity contribution in [2.24, 2.45) is 5.73 Å². The van der Waals surface area contributed by atoms with Gasteiger partial charge in [0.15, 0.2) is 0 Å². The summed E-state index contributed by atoms with van der Waals surface area (Å²) in [6.07, 6.45) is 0.292. The minimum atomic E-state index is -0.474. The summed E-state index contributed by atoms with van der Waals surface area (Å²) < 4.78 is 0. The van der Waals surface area contributed by atoms with Gasteiger partial charge >= 0.3 is 0 Å². The van der Waals surface area contributed by atoms with Crippen molar-refractivity contribution < 1.29 is 9.59 Å². The van der Waals surface area contributed by atoms with Crippen LogP contribution in [-0.2, 0) is 16.0 Å². The van der Waals surface area contributed by atoms with E-state index in [2.05, 4.69) is 5.32 Å². The van der Waals surface area contributed by atoms with Gasteiger partial charge in [-0.25, -0.2) is 0 Å². The lowest BCUT2D eigenvalue weighted by molar-refractivity contribution is -0.123. The van der Waals surface area contributed by atoms with Crippen LogP contribution in [-0.4, -0.2) is 29.4 Å². The third-order valence-electron chi connectivity index (χ3n) is 2.30. The van der Waals surface area contributed by atoms with Crippen molar-refractivity contribution in [3.05, 3.63) is 35.9 Å². The van der Waals surface area contributed by atoms with Crippen LogP contribution in [0.5, 0.6) is 0 Å². The zero-order valence-corrected chi connectivity index (χ0v) is 11.2. The maximum absolute atomic E-state index is 11.7. The summed E-state index contributed by atoms with van der Waals surface area (Å²) >= 11 is 1.15. The molecule has 0 fully saturated rings. The molecule has 0 aliphatic rings. The van der Waals surface area contributed by atoms with E-state index < -0.39 is 6.04 Å². The number of carbonyl (C=O) groups is 2. The van der Waals surface area contributed by atoms with Gasteiger partial charge in [0, 0.05) is 12.3 Å². The summed E-state index contributed by atoms with van der Waals surface area (Å²) in [6, 6.07) is 8.96. The monoisotopic (exact) mass is 266 g/mol. The molecule has 1 atom stereocenters. The van der Waals surface area contributed by atoms with Crippen molar-refractivity contribution >= 4 is 22.8 Å². The Morgan fingerprint density at radius 1 is 1.33 bits per heavy atom. The van der Waals surface area contributed by atoms with Gasteiger partial charge in [0.25, 0.3) is 0 Å². The summed E-state index contributed by atoms with van der Waals surface area (Å²) in [5, 5.41) is 2.63. The Balaban J connectivity index is 2.38. The van der Waals surface area contributed by atoms with E-state index in [1.54, 1.807) is 6.92 Å². The van der Waals surface area contributed by atoms with Gasteiger partial charge in [-0.05, 0) is 12.5 Å². The van der Waals surface area contributed by atoms with Gasteiger partial charge in [0.05, 0.1) is 12.5 Å². The number of nitrogens with one attached hydrogen (secondary N) is 1. The molecule has 4 nitrogen and oxygen atoms in total. The highest BCUT2D eigenvalue weighted by Crippen LogP contribution is 2.05. The lowest BCUT2D eigenvalue weighted by atomic mass is 10.1. The SMILES string of the molecule is C[C@H](NC(=O)Cc1ccccc1)C(=O)SCCN. The van der Waals surface area contributed by atoms with Crippen molar-refractivity contribution in [1.82, 2.24) is 5.32 Å². The molecule has 18 heavy (non-hydrogen) atoms. The van der Waals surface area contributed by atoms with E-state index in [0.29, 0.717) is 18.7 Å². The summed E-state index contributed by atoms with van der Waals surface area (Å²) in [5.74, 6) is 0.438. The molecule has 3 N–H and O–H groups in total. The third kappa shape index (κ3) is 5.33. The first kappa shape index (κ1) is 14.7. The van der Waals surface area contributed by atoms with Gasteiger partial charge < -0.3 is 11.1 Å². The first-order valence-corrected chi connectivity index (χ1v) is 6.82. The van der Waals surface area contributed by atoms with Crippen LogP contribution in [0.2, 0.25) is 0 Å². The third-order valence-corrected chi connectivity index (χ3v) is 3.38. The van der Waals surface area contributed by atoms with Gasteiger partial charge in [-0.2, -0.15) is 0 Å². The summed E-state index contributed by atoms with van der Waals surface area (Å²) in [6.45, 7) is 2.15. The molecule has 0 radical (unpaired) electrons. The van der Waals surface area contributed by atoms with Gasteiger partial charge in [0.2, 0.25) is 11.0 Å². The van der Waals surface area contributed by atoms with Crippen molar-refractivity contribution in [3.8, 4) is 0 Å². The fourth-order valence-electron chi connectivity index (χ4n) is 1.42. The van der Waals surface area contributed by atoms with E-state index in [9.17, 15) is 9.59 Å². The number of hydrogen-bond donors (Lipinski definition) is 2. The maximum Gasteiger partial charge on any atom is 0.225 e. The van der Waals surface area contributed by atoms with E-state index in [1.807, 2.05) is 30.3 Å². The molecule has 0 unspecified atom stereocenters. The normalized spacial score (nSPS) is 11.9. The Bertz CT molecular complexity index is 395. The largest absolute Gasteiger partial charge is 0.345 e. The molecule has 0 saturated heterocycles. The molecule has 5 heteroatoms. The van der Waals surface area contributed by atoms with E-state index in [0.717, 1.165) is 17.3 Å². The molecule has 0 heterocycles. The van der Waals surface area contributed by atoms with E-state index in [-0.39, 0.29) is 11.0 Å². The average molecular weight is 266 g/mol. The second kappa shape index (κ2) is 7.89. The number of amides is 1. The minimum absolute atomic E-state index is 0.0538. The van der Waals surface area contributed by atoms with Gasteiger partial charge in [-0.15, -0.1) is 0 Å². The maximum atomic E-state index is 11.7. The number of rotatable bonds is 6. The second-order valence-electron chi connectivity index (χ2n) is 3.91.